The molecule has 0 N–H and O–H groups in total. The van der Waals surface area contributed by atoms with E-state index in [1.165, 1.54) is 0 Å². The molecule has 0 unspecified atom stereocenters. The fourth-order valence-corrected chi connectivity index (χ4v) is 4.66. The lowest BCUT2D eigenvalue weighted by Gasteiger charge is -2.21. The summed E-state index contributed by atoms with van der Waals surface area (Å²) in [7, 11) is -0.185. The molecule has 0 aliphatic rings. The maximum absolute atomic E-state index is 13.7. The molecule has 3 aromatic rings. The molecule has 0 aliphatic heterocycles. The van der Waals surface area contributed by atoms with Crippen molar-refractivity contribution in [1.29, 1.82) is 0 Å². The molecule has 0 atom stereocenters. The first-order chi connectivity index (χ1) is 14.4. The zero-order chi connectivity index (χ0) is 21.6. The lowest BCUT2D eigenvalue weighted by atomic mass is 10.2. The van der Waals surface area contributed by atoms with Crippen LogP contribution in [0.4, 0.5) is 5.69 Å². The number of nitrogens with zero attached hydrogens (tertiary/aromatic N) is 1. The van der Waals surface area contributed by atoms with Crippen LogP contribution in [0.3, 0.4) is 0 Å². The summed E-state index contributed by atoms with van der Waals surface area (Å²) in [5.41, 5.74) is 1.71. The largest absolute Gasteiger partial charge is 0.647 e. The third-order valence-electron chi connectivity index (χ3n) is 3.94. The fraction of sp³-hybridized carbons (Fsp3) is 0.0909. The summed E-state index contributed by atoms with van der Waals surface area (Å²) >= 11 is 6.75. The molecule has 0 bridgehead atoms. The Bertz CT molecular complexity index is 992. The Labute approximate surface area is 193 Å². The van der Waals surface area contributed by atoms with Gasteiger partial charge in [-0.1, -0.05) is 36.4 Å². The van der Waals surface area contributed by atoms with Crippen molar-refractivity contribution in [1.82, 2.24) is 0 Å². The average Bonchev–Trinajstić information content (AvgIpc) is 2.73. The van der Waals surface area contributed by atoms with Gasteiger partial charge in [-0.15, -0.1) is 0 Å². The smallest absolute Gasteiger partial charge is 0.386 e. The van der Waals surface area contributed by atoms with Crippen LogP contribution >= 0.6 is 39.7 Å². The van der Waals surface area contributed by atoms with Gasteiger partial charge in [0.25, 0.3) is 0 Å². The Kier molecular flexibility index (Phi) is 7.64. The Balaban J connectivity index is 1.95. The van der Waals surface area contributed by atoms with Crippen molar-refractivity contribution in [2.24, 2.45) is 0 Å². The van der Waals surface area contributed by atoms with E-state index in [4.69, 9.17) is 13.6 Å². The van der Waals surface area contributed by atoms with Gasteiger partial charge in [0.05, 0.1) is 0 Å². The Morgan fingerprint density at radius 3 is 1.63 bits per heavy atom. The highest BCUT2D eigenvalue weighted by Crippen LogP contribution is 2.54. The van der Waals surface area contributed by atoms with E-state index >= 15 is 0 Å². The van der Waals surface area contributed by atoms with Crippen molar-refractivity contribution in [2.75, 3.05) is 19.0 Å². The molecule has 0 saturated carbocycles. The monoisotopic (exact) mass is 551 g/mol. The van der Waals surface area contributed by atoms with E-state index in [1.807, 2.05) is 55.4 Å². The maximum Gasteiger partial charge on any atom is 0.647 e. The van der Waals surface area contributed by atoms with Crippen LogP contribution in [0.15, 0.2) is 88.3 Å². The number of hydrogen-bond donors (Lipinski definition) is 0. The molecule has 5 nitrogen and oxygen atoms in total. The lowest BCUT2D eigenvalue weighted by molar-refractivity contribution is 0.284. The molecule has 0 spiro atoms. The minimum absolute atomic E-state index is 0.288. The van der Waals surface area contributed by atoms with Gasteiger partial charge in [-0.2, -0.15) is 4.57 Å². The molecule has 0 amide bonds. The highest BCUT2D eigenvalue weighted by Gasteiger charge is 2.35. The van der Waals surface area contributed by atoms with Gasteiger partial charge in [-0.25, -0.2) is 0 Å². The fourth-order valence-electron chi connectivity index (χ4n) is 2.50. The Morgan fingerprint density at radius 1 is 0.767 bits per heavy atom. The Morgan fingerprint density at radius 2 is 1.23 bits per heavy atom. The van der Waals surface area contributed by atoms with E-state index in [0.717, 1.165) is 5.69 Å². The van der Waals surface area contributed by atoms with Crippen molar-refractivity contribution in [3.05, 3.63) is 93.9 Å². The SMILES string of the molecule is CN(C)c1ccc(C(OP(=O)(Oc2ccccc2)Oc2ccccc2)=C(Br)Br)cc1. The quantitative estimate of drug-likeness (QED) is 0.214. The van der Waals surface area contributed by atoms with Gasteiger partial charge >= 0.3 is 7.82 Å². The predicted molar refractivity (Wildman–Crippen MR) is 128 cm³/mol. The number of hydrogen-bond acceptors (Lipinski definition) is 5. The van der Waals surface area contributed by atoms with Gasteiger partial charge in [0.15, 0.2) is 5.76 Å². The zero-order valence-electron chi connectivity index (χ0n) is 16.4. The summed E-state index contributed by atoms with van der Waals surface area (Å²) in [4.78, 5) is 1.99. The van der Waals surface area contributed by atoms with Crippen LogP contribution < -0.4 is 13.9 Å². The average molecular weight is 553 g/mol. The van der Waals surface area contributed by atoms with E-state index in [1.54, 1.807) is 48.5 Å². The molecule has 3 rings (SSSR count). The molecule has 0 radical (unpaired) electrons. The molecule has 8 heteroatoms. The van der Waals surface area contributed by atoms with Gasteiger partial charge in [0.2, 0.25) is 0 Å². The number of para-hydroxylation sites is 2. The zero-order valence-corrected chi connectivity index (χ0v) is 20.4. The molecule has 0 fully saturated rings. The van der Waals surface area contributed by atoms with Crippen LogP contribution in [-0.4, -0.2) is 14.1 Å². The molecular formula is C22H20Br2NO4P. The van der Waals surface area contributed by atoms with Crippen molar-refractivity contribution in [3.8, 4) is 11.5 Å². The van der Waals surface area contributed by atoms with E-state index in [2.05, 4.69) is 31.9 Å². The van der Waals surface area contributed by atoms with Gasteiger partial charge in [-0.3, -0.25) is 0 Å². The number of rotatable bonds is 8. The number of halogens is 2. The second-order valence-electron chi connectivity index (χ2n) is 6.38. The number of benzene rings is 3. The van der Waals surface area contributed by atoms with Gasteiger partial charge in [0, 0.05) is 25.3 Å². The Hall–Kier alpha value is -2.21. The van der Waals surface area contributed by atoms with Crippen molar-refractivity contribution < 1.29 is 18.1 Å². The number of phosphoric acid groups is 1. The summed E-state index contributed by atoms with van der Waals surface area (Å²) < 4.78 is 31.4. The van der Waals surface area contributed by atoms with E-state index in [-0.39, 0.29) is 5.76 Å². The molecule has 3 aromatic carbocycles. The van der Waals surface area contributed by atoms with Gasteiger partial charge in [0.1, 0.15) is 14.9 Å². The first-order valence-corrected chi connectivity index (χ1v) is 12.0. The van der Waals surface area contributed by atoms with Crippen LogP contribution in [0.2, 0.25) is 0 Å². The second-order valence-corrected chi connectivity index (χ2v) is 10.5. The summed E-state index contributed by atoms with van der Waals surface area (Å²) in [5.74, 6) is 1.02. The number of anilines is 1. The van der Waals surface area contributed by atoms with Gasteiger partial charge in [-0.05, 0) is 80.4 Å². The highest BCUT2D eigenvalue weighted by molar-refractivity contribution is 9.28. The van der Waals surface area contributed by atoms with Crippen molar-refractivity contribution in [2.45, 2.75) is 0 Å². The van der Waals surface area contributed by atoms with E-state index < -0.39 is 7.82 Å². The van der Waals surface area contributed by atoms with E-state index in [9.17, 15) is 4.57 Å². The minimum atomic E-state index is -4.10. The standard InChI is InChI=1S/C22H20Br2NO4P/c1-25(2)18-15-13-17(14-16-18)21(22(23)24)29-30(26,27-19-9-5-3-6-10-19)28-20-11-7-4-8-12-20/h3-16H,1-2H3. The van der Waals surface area contributed by atoms with Crippen LogP contribution in [0.1, 0.15) is 5.56 Å². The topological polar surface area (TPSA) is 48.0 Å². The molecule has 0 aromatic heterocycles. The molecule has 30 heavy (non-hydrogen) atoms. The second kappa shape index (κ2) is 10.2. The first kappa shape index (κ1) is 22.5. The molecule has 0 aliphatic carbocycles. The van der Waals surface area contributed by atoms with Crippen LogP contribution in [0.5, 0.6) is 11.5 Å². The summed E-state index contributed by atoms with van der Waals surface area (Å²) in [5, 5.41) is 0. The lowest BCUT2D eigenvalue weighted by Crippen LogP contribution is -2.08. The normalized spacial score (nSPS) is 10.8. The molecular weight excluding hydrogens is 533 g/mol. The van der Waals surface area contributed by atoms with Crippen molar-refractivity contribution >= 4 is 51.1 Å². The number of phosphoric ester groups is 1. The van der Waals surface area contributed by atoms with Crippen molar-refractivity contribution in [3.63, 3.8) is 0 Å². The van der Waals surface area contributed by atoms with Gasteiger partial charge < -0.3 is 18.5 Å². The van der Waals surface area contributed by atoms with E-state index in [0.29, 0.717) is 20.5 Å². The van der Waals surface area contributed by atoms with Crippen LogP contribution in [0, 0.1) is 0 Å². The summed E-state index contributed by atoms with van der Waals surface area (Å²) in [6.07, 6.45) is 0. The molecule has 156 valence electrons. The van der Waals surface area contributed by atoms with Crippen LogP contribution in [-0.2, 0) is 9.09 Å². The summed E-state index contributed by atoms with van der Waals surface area (Å²) in [6.45, 7) is 0. The maximum atomic E-state index is 13.7. The molecule has 0 heterocycles. The molecule has 0 saturated heterocycles. The third-order valence-corrected chi connectivity index (χ3v) is 5.94. The predicted octanol–water partition coefficient (Wildman–Crippen LogP) is 7.45. The summed E-state index contributed by atoms with van der Waals surface area (Å²) in [6, 6.07) is 25.1. The first-order valence-electron chi connectivity index (χ1n) is 8.98. The van der Waals surface area contributed by atoms with Crippen LogP contribution in [0.25, 0.3) is 5.76 Å². The minimum Gasteiger partial charge on any atom is -0.386 e. The highest BCUT2D eigenvalue weighted by atomic mass is 79.9. The third kappa shape index (κ3) is 6.14.